The molecule has 0 unspecified atom stereocenters. The molecule has 0 aromatic heterocycles. The maximum Gasteiger partial charge on any atom is 0.160 e. The summed E-state index contributed by atoms with van der Waals surface area (Å²) in [5, 5.41) is 0. The summed E-state index contributed by atoms with van der Waals surface area (Å²) < 4.78 is 0. The average Bonchev–Trinajstić information content (AvgIpc) is 2.23. The predicted molar refractivity (Wildman–Crippen MR) is 58.4 cm³/mol. The lowest BCUT2D eigenvalue weighted by Gasteiger charge is -2.54. The number of hydrogen-bond donors (Lipinski definition) is 0. The molecule has 0 aromatic rings. The van der Waals surface area contributed by atoms with Crippen LogP contribution in [0.2, 0.25) is 0 Å². The fourth-order valence-electron chi connectivity index (χ4n) is 3.97. The van der Waals surface area contributed by atoms with E-state index in [0.29, 0.717) is 11.8 Å². The highest BCUT2D eigenvalue weighted by Crippen LogP contribution is 2.57. The number of rotatable bonds is 0. The van der Waals surface area contributed by atoms with E-state index in [2.05, 4.69) is 24.3 Å². The van der Waals surface area contributed by atoms with Gasteiger partial charge in [-0.25, -0.2) is 0 Å². The first kappa shape index (κ1) is 8.68. The van der Waals surface area contributed by atoms with Gasteiger partial charge in [0.15, 0.2) is 11.6 Å². The van der Waals surface area contributed by atoms with E-state index in [0.717, 1.165) is 0 Å². The number of allylic oxidation sites excluding steroid dienone is 6. The van der Waals surface area contributed by atoms with Gasteiger partial charge in [-0.1, -0.05) is 24.3 Å². The summed E-state index contributed by atoms with van der Waals surface area (Å²) in [5.74, 6) is 1.74. The Morgan fingerprint density at radius 1 is 0.625 bits per heavy atom. The molecule has 0 saturated heterocycles. The molecule has 80 valence electrons. The molecule has 0 N–H and O–H groups in total. The van der Waals surface area contributed by atoms with Gasteiger partial charge in [0.2, 0.25) is 0 Å². The number of carbonyl (C=O) groups is 2. The Kier molecular flexibility index (Phi) is 1.42. The topological polar surface area (TPSA) is 34.1 Å². The molecule has 0 radical (unpaired) electrons. The molecule has 5 rings (SSSR count). The van der Waals surface area contributed by atoms with Gasteiger partial charge in [-0.05, 0) is 35.8 Å². The molecule has 0 spiro atoms. The van der Waals surface area contributed by atoms with Gasteiger partial charge in [-0.2, -0.15) is 0 Å². The van der Waals surface area contributed by atoms with E-state index >= 15 is 0 Å². The van der Waals surface area contributed by atoms with Crippen LogP contribution in [0.1, 0.15) is 0 Å². The van der Waals surface area contributed by atoms with Gasteiger partial charge >= 0.3 is 0 Å². The maximum absolute atomic E-state index is 11.9. The van der Waals surface area contributed by atoms with Crippen LogP contribution >= 0.6 is 0 Å². The third kappa shape index (κ3) is 0.809. The van der Waals surface area contributed by atoms with Gasteiger partial charge in [0, 0.05) is 11.8 Å². The fraction of sp³-hybridized carbons (Fsp3) is 0.429. The van der Waals surface area contributed by atoms with Crippen molar-refractivity contribution in [3.05, 3.63) is 36.5 Å². The van der Waals surface area contributed by atoms with Gasteiger partial charge in [0.25, 0.3) is 0 Å². The second kappa shape index (κ2) is 2.62. The van der Waals surface area contributed by atoms with Crippen LogP contribution in [0.4, 0.5) is 0 Å². The largest absolute Gasteiger partial charge is 0.294 e. The van der Waals surface area contributed by atoms with Crippen molar-refractivity contribution in [3.8, 4) is 0 Å². The molecule has 0 aliphatic heterocycles. The Balaban J connectivity index is 1.88. The first-order chi connectivity index (χ1) is 7.77. The van der Waals surface area contributed by atoms with Crippen molar-refractivity contribution in [1.82, 2.24) is 0 Å². The maximum atomic E-state index is 11.9. The Labute approximate surface area is 93.7 Å². The van der Waals surface area contributed by atoms with Crippen molar-refractivity contribution in [1.29, 1.82) is 0 Å². The molecule has 2 bridgehead atoms. The molecule has 16 heavy (non-hydrogen) atoms. The molecule has 0 heterocycles. The highest BCUT2D eigenvalue weighted by molar-refractivity contribution is 6.08. The average molecular weight is 212 g/mol. The first-order valence-electron chi connectivity index (χ1n) is 5.90. The number of ketones is 2. The summed E-state index contributed by atoms with van der Waals surface area (Å²) in [7, 11) is 0. The summed E-state index contributed by atoms with van der Waals surface area (Å²) in [6, 6.07) is 0. The molecule has 5 aliphatic rings. The van der Waals surface area contributed by atoms with E-state index in [1.54, 1.807) is 0 Å². The van der Waals surface area contributed by atoms with Crippen molar-refractivity contribution >= 4 is 11.6 Å². The molecule has 0 amide bonds. The molecule has 2 heteroatoms. The van der Waals surface area contributed by atoms with Crippen LogP contribution in [0.3, 0.4) is 0 Å². The van der Waals surface area contributed by atoms with E-state index in [4.69, 9.17) is 0 Å². The standard InChI is InChI=1S/C14H12O2/c15-11-5-6-12(16)14-10-4-3-9(13(11)14)7-1-2-8(7)10/h1-10,13-14H/t7-,8-,9+,10+,13+,14+/m1/s1. The van der Waals surface area contributed by atoms with Gasteiger partial charge in [-0.3, -0.25) is 9.59 Å². The van der Waals surface area contributed by atoms with Crippen LogP contribution in [0, 0.1) is 35.5 Å². The lowest BCUT2D eigenvalue weighted by molar-refractivity contribution is -0.137. The zero-order valence-electron chi connectivity index (χ0n) is 8.74. The second-order valence-corrected chi connectivity index (χ2v) is 5.27. The van der Waals surface area contributed by atoms with Crippen LogP contribution in [-0.2, 0) is 9.59 Å². The molecule has 5 aliphatic carbocycles. The molecule has 1 fully saturated rings. The minimum atomic E-state index is -0.0706. The molecule has 0 aromatic carbocycles. The van der Waals surface area contributed by atoms with E-state index in [1.165, 1.54) is 12.2 Å². The van der Waals surface area contributed by atoms with Crippen molar-refractivity contribution in [2.45, 2.75) is 0 Å². The zero-order valence-corrected chi connectivity index (χ0v) is 8.74. The smallest absolute Gasteiger partial charge is 0.160 e. The summed E-state index contributed by atoms with van der Waals surface area (Å²) in [6.07, 6.45) is 11.7. The summed E-state index contributed by atoms with van der Waals surface area (Å²) in [4.78, 5) is 23.9. The Bertz CT molecular complexity index is 441. The van der Waals surface area contributed by atoms with E-state index < -0.39 is 0 Å². The van der Waals surface area contributed by atoms with Crippen molar-refractivity contribution in [2.24, 2.45) is 35.5 Å². The van der Waals surface area contributed by atoms with Crippen LogP contribution in [-0.4, -0.2) is 11.6 Å². The summed E-state index contributed by atoms with van der Waals surface area (Å²) in [5.41, 5.74) is 0. The quantitative estimate of drug-likeness (QED) is 0.571. The van der Waals surface area contributed by atoms with Gasteiger partial charge in [0.1, 0.15) is 0 Å². The van der Waals surface area contributed by atoms with Gasteiger partial charge in [-0.15, -0.1) is 0 Å². The Hall–Kier alpha value is -1.44. The lowest BCUT2D eigenvalue weighted by atomic mass is 9.47. The van der Waals surface area contributed by atoms with Crippen LogP contribution in [0.15, 0.2) is 36.5 Å². The Morgan fingerprint density at radius 3 is 1.38 bits per heavy atom. The van der Waals surface area contributed by atoms with Crippen LogP contribution < -0.4 is 0 Å². The van der Waals surface area contributed by atoms with Crippen LogP contribution in [0.25, 0.3) is 0 Å². The third-order valence-electron chi connectivity index (χ3n) is 4.73. The van der Waals surface area contributed by atoms with Crippen molar-refractivity contribution in [2.75, 3.05) is 0 Å². The molecule has 1 saturated carbocycles. The summed E-state index contributed by atoms with van der Waals surface area (Å²) >= 11 is 0. The Morgan fingerprint density at radius 2 is 1.00 bits per heavy atom. The molecule has 6 atom stereocenters. The number of carbonyl (C=O) groups excluding carboxylic acids is 2. The fourth-order valence-corrected chi connectivity index (χ4v) is 3.97. The number of hydrogen-bond acceptors (Lipinski definition) is 2. The predicted octanol–water partition coefficient (Wildman–Crippen LogP) is 1.54. The normalized spacial score (nSPS) is 51.2. The van der Waals surface area contributed by atoms with Gasteiger partial charge in [0.05, 0.1) is 0 Å². The third-order valence-corrected chi connectivity index (χ3v) is 4.73. The summed E-state index contributed by atoms with van der Waals surface area (Å²) in [6.45, 7) is 0. The lowest BCUT2D eigenvalue weighted by Crippen LogP contribution is -2.55. The SMILES string of the molecule is O=C1C=CC(=O)[C@@H]2[C@H]3C=C[C@@H]([C@@H]4C=C[C@H]43)[C@@H]12. The first-order valence-corrected chi connectivity index (χ1v) is 5.90. The minimum Gasteiger partial charge on any atom is -0.294 e. The van der Waals surface area contributed by atoms with Gasteiger partial charge < -0.3 is 0 Å². The van der Waals surface area contributed by atoms with Crippen molar-refractivity contribution in [3.63, 3.8) is 0 Å². The van der Waals surface area contributed by atoms with E-state index in [-0.39, 0.29) is 35.2 Å². The zero-order chi connectivity index (χ0) is 10.9. The van der Waals surface area contributed by atoms with E-state index in [9.17, 15) is 9.59 Å². The highest BCUT2D eigenvalue weighted by Gasteiger charge is 2.56. The molecule has 2 nitrogen and oxygen atoms in total. The molecular formula is C14H12O2. The van der Waals surface area contributed by atoms with Crippen molar-refractivity contribution < 1.29 is 9.59 Å². The highest BCUT2D eigenvalue weighted by atomic mass is 16.1. The second-order valence-electron chi connectivity index (χ2n) is 5.27. The minimum absolute atomic E-state index is 0.0706. The van der Waals surface area contributed by atoms with Crippen LogP contribution in [0.5, 0.6) is 0 Å². The van der Waals surface area contributed by atoms with E-state index in [1.807, 2.05) is 0 Å². The molecular weight excluding hydrogens is 200 g/mol. The monoisotopic (exact) mass is 212 g/mol.